The Kier molecular flexibility index (Phi) is 7.03. The van der Waals surface area contributed by atoms with Crippen molar-refractivity contribution in [3.63, 3.8) is 0 Å². The van der Waals surface area contributed by atoms with Gasteiger partial charge in [-0.1, -0.05) is 53.7 Å². The number of thioether (sulfide) groups is 1. The van der Waals surface area contributed by atoms with Gasteiger partial charge in [-0.3, -0.25) is 4.79 Å². The third kappa shape index (κ3) is 5.87. The number of rotatable bonds is 8. The number of hydrogen-bond donors (Lipinski definition) is 1. The van der Waals surface area contributed by atoms with Crippen LogP contribution in [0.5, 0.6) is 11.6 Å². The van der Waals surface area contributed by atoms with Gasteiger partial charge in [0.1, 0.15) is 11.6 Å². The number of aromatic nitrogens is 4. The van der Waals surface area contributed by atoms with Crippen LogP contribution in [0.1, 0.15) is 11.4 Å². The molecule has 4 aromatic rings. The number of halogens is 1. The molecule has 0 saturated heterocycles. The second kappa shape index (κ2) is 10.3. The number of anilines is 1. The summed E-state index contributed by atoms with van der Waals surface area (Å²) in [5.41, 5.74) is 1.73. The quantitative estimate of drug-likeness (QED) is 0.360. The van der Waals surface area contributed by atoms with Crippen LogP contribution >= 0.6 is 23.4 Å². The fourth-order valence-corrected chi connectivity index (χ4v) is 3.79. The normalized spacial score (nSPS) is 10.7. The van der Waals surface area contributed by atoms with E-state index < -0.39 is 0 Å². The Balaban J connectivity index is 1.31. The van der Waals surface area contributed by atoms with Gasteiger partial charge < -0.3 is 14.6 Å². The number of pyridine rings is 1. The Bertz CT molecular complexity index is 1180. The van der Waals surface area contributed by atoms with Crippen LogP contribution in [0.25, 0.3) is 0 Å². The Morgan fingerprint density at radius 1 is 1.06 bits per heavy atom. The number of carbonyl (C=O) groups excluding carboxylic acids is 1. The van der Waals surface area contributed by atoms with Crippen molar-refractivity contribution >= 4 is 35.0 Å². The second-order valence-electron chi connectivity index (χ2n) is 6.88. The Morgan fingerprint density at radius 2 is 1.84 bits per heavy atom. The highest BCUT2D eigenvalue weighted by atomic mass is 35.5. The van der Waals surface area contributed by atoms with Crippen molar-refractivity contribution in [1.82, 2.24) is 19.7 Å². The van der Waals surface area contributed by atoms with Gasteiger partial charge >= 0.3 is 0 Å². The van der Waals surface area contributed by atoms with Gasteiger partial charge in [-0.15, -0.1) is 10.2 Å². The van der Waals surface area contributed by atoms with Crippen LogP contribution < -0.4 is 10.1 Å². The lowest BCUT2D eigenvalue weighted by Gasteiger charge is -2.09. The summed E-state index contributed by atoms with van der Waals surface area (Å²) in [5.74, 6) is 1.90. The Hall–Kier alpha value is -3.36. The number of nitrogens with zero attached hydrogens (tertiary/aromatic N) is 4. The standard InChI is InChI=1S/C23H20ClN5O2S/c1-16-27-28-23(29(16)14-17-5-3-2-4-6-17)32-15-21(30)26-19-9-12-22(25-13-19)31-20-10-7-18(24)8-11-20/h2-13H,14-15H2,1H3,(H,26,30). The molecule has 0 bridgehead atoms. The molecule has 7 nitrogen and oxygen atoms in total. The first-order valence-corrected chi connectivity index (χ1v) is 11.2. The summed E-state index contributed by atoms with van der Waals surface area (Å²) in [6.45, 7) is 2.56. The number of nitrogens with one attached hydrogen (secondary N) is 1. The minimum atomic E-state index is -0.157. The minimum Gasteiger partial charge on any atom is -0.439 e. The molecule has 162 valence electrons. The van der Waals surface area contributed by atoms with E-state index >= 15 is 0 Å². The Labute approximate surface area is 194 Å². The van der Waals surface area contributed by atoms with Crippen molar-refractivity contribution < 1.29 is 9.53 Å². The molecule has 0 aliphatic carbocycles. The van der Waals surface area contributed by atoms with Gasteiger partial charge in [-0.25, -0.2) is 4.98 Å². The molecule has 2 aromatic heterocycles. The molecule has 2 heterocycles. The molecule has 1 N–H and O–H groups in total. The smallest absolute Gasteiger partial charge is 0.234 e. The summed E-state index contributed by atoms with van der Waals surface area (Å²) >= 11 is 7.21. The van der Waals surface area contributed by atoms with E-state index in [2.05, 4.69) is 20.5 Å². The summed E-state index contributed by atoms with van der Waals surface area (Å²) in [5, 5.41) is 12.5. The highest BCUT2D eigenvalue weighted by Gasteiger charge is 2.12. The fourth-order valence-electron chi connectivity index (χ4n) is 2.88. The zero-order chi connectivity index (χ0) is 22.3. The molecule has 32 heavy (non-hydrogen) atoms. The van der Waals surface area contributed by atoms with Crippen LogP contribution in [0, 0.1) is 6.92 Å². The maximum atomic E-state index is 12.4. The number of benzene rings is 2. The monoisotopic (exact) mass is 465 g/mol. The maximum absolute atomic E-state index is 12.4. The van der Waals surface area contributed by atoms with E-state index in [4.69, 9.17) is 16.3 Å². The van der Waals surface area contributed by atoms with Gasteiger partial charge in [0, 0.05) is 11.1 Å². The number of carbonyl (C=O) groups is 1. The molecule has 0 aliphatic heterocycles. The van der Waals surface area contributed by atoms with Gasteiger partial charge in [0.15, 0.2) is 5.16 Å². The lowest BCUT2D eigenvalue weighted by Crippen LogP contribution is -2.15. The summed E-state index contributed by atoms with van der Waals surface area (Å²) in [6.07, 6.45) is 1.55. The van der Waals surface area contributed by atoms with E-state index in [1.165, 1.54) is 11.8 Å². The SMILES string of the molecule is Cc1nnc(SCC(=O)Nc2ccc(Oc3ccc(Cl)cc3)nc2)n1Cc1ccccc1. The molecule has 0 aliphatic rings. The lowest BCUT2D eigenvalue weighted by molar-refractivity contribution is -0.113. The molecule has 0 unspecified atom stereocenters. The molecular weight excluding hydrogens is 446 g/mol. The van der Waals surface area contributed by atoms with E-state index in [9.17, 15) is 4.79 Å². The summed E-state index contributed by atoms with van der Waals surface area (Å²) in [4.78, 5) is 16.6. The third-order valence-corrected chi connectivity index (χ3v) is 5.69. The van der Waals surface area contributed by atoms with Gasteiger partial charge in [0.2, 0.25) is 11.8 Å². The average Bonchev–Trinajstić information content (AvgIpc) is 3.15. The molecule has 2 aromatic carbocycles. The van der Waals surface area contributed by atoms with E-state index in [0.29, 0.717) is 34.0 Å². The van der Waals surface area contributed by atoms with Gasteiger partial charge in [0.05, 0.1) is 24.2 Å². The third-order valence-electron chi connectivity index (χ3n) is 4.47. The minimum absolute atomic E-state index is 0.157. The molecule has 0 atom stereocenters. The molecule has 4 rings (SSSR count). The van der Waals surface area contributed by atoms with Crippen molar-refractivity contribution in [1.29, 1.82) is 0 Å². The number of hydrogen-bond acceptors (Lipinski definition) is 6. The fraction of sp³-hybridized carbons (Fsp3) is 0.130. The largest absolute Gasteiger partial charge is 0.439 e. The first kappa shape index (κ1) is 21.9. The molecular formula is C23H20ClN5O2S. The first-order chi connectivity index (χ1) is 15.6. The summed E-state index contributed by atoms with van der Waals surface area (Å²) in [6, 6.07) is 20.5. The predicted octanol–water partition coefficient (Wildman–Crippen LogP) is 5.21. The van der Waals surface area contributed by atoms with Crippen LogP contribution in [0.3, 0.4) is 0 Å². The van der Waals surface area contributed by atoms with Crippen molar-refractivity contribution in [3.8, 4) is 11.6 Å². The summed E-state index contributed by atoms with van der Waals surface area (Å²) in [7, 11) is 0. The van der Waals surface area contributed by atoms with Crippen LogP contribution in [0.2, 0.25) is 5.02 Å². The van der Waals surface area contributed by atoms with E-state index in [1.54, 1.807) is 42.6 Å². The van der Waals surface area contributed by atoms with E-state index in [1.807, 2.05) is 41.8 Å². The van der Waals surface area contributed by atoms with Gasteiger partial charge in [-0.05, 0) is 42.8 Å². The summed E-state index contributed by atoms with van der Waals surface area (Å²) < 4.78 is 7.66. The second-order valence-corrected chi connectivity index (χ2v) is 8.26. The van der Waals surface area contributed by atoms with E-state index in [0.717, 1.165) is 11.4 Å². The molecule has 0 radical (unpaired) electrons. The highest BCUT2D eigenvalue weighted by molar-refractivity contribution is 7.99. The number of amides is 1. The first-order valence-electron chi connectivity index (χ1n) is 9.83. The topological polar surface area (TPSA) is 81.9 Å². The van der Waals surface area contributed by atoms with Crippen LogP contribution in [0.4, 0.5) is 5.69 Å². The van der Waals surface area contributed by atoms with Gasteiger partial charge in [0.25, 0.3) is 0 Å². The predicted molar refractivity (Wildman–Crippen MR) is 125 cm³/mol. The van der Waals surface area contributed by atoms with E-state index in [-0.39, 0.29) is 11.7 Å². The Morgan fingerprint density at radius 3 is 2.56 bits per heavy atom. The molecule has 9 heteroatoms. The van der Waals surface area contributed by atoms with Crippen LogP contribution in [0.15, 0.2) is 78.1 Å². The van der Waals surface area contributed by atoms with Crippen molar-refractivity contribution in [2.24, 2.45) is 0 Å². The van der Waals surface area contributed by atoms with Crippen molar-refractivity contribution in [2.45, 2.75) is 18.6 Å². The molecule has 0 spiro atoms. The molecule has 0 saturated carbocycles. The van der Waals surface area contributed by atoms with Crippen LogP contribution in [-0.2, 0) is 11.3 Å². The zero-order valence-corrected chi connectivity index (χ0v) is 18.8. The lowest BCUT2D eigenvalue weighted by atomic mass is 10.2. The molecule has 1 amide bonds. The molecule has 0 fully saturated rings. The van der Waals surface area contributed by atoms with Crippen molar-refractivity contribution in [2.75, 3.05) is 11.1 Å². The average molecular weight is 466 g/mol. The maximum Gasteiger partial charge on any atom is 0.234 e. The van der Waals surface area contributed by atoms with Gasteiger partial charge in [-0.2, -0.15) is 0 Å². The number of ether oxygens (including phenoxy) is 1. The van der Waals surface area contributed by atoms with Crippen LogP contribution in [-0.4, -0.2) is 31.4 Å². The van der Waals surface area contributed by atoms with Crippen molar-refractivity contribution in [3.05, 3.63) is 89.3 Å². The number of aryl methyl sites for hydroxylation is 1. The highest BCUT2D eigenvalue weighted by Crippen LogP contribution is 2.23. The zero-order valence-electron chi connectivity index (χ0n) is 17.2.